The van der Waals surface area contributed by atoms with Gasteiger partial charge in [-0.15, -0.1) is 0 Å². The Balaban J connectivity index is 1.46. The van der Waals surface area contributed by atoms with Gasteiger partial charge in [-0.2, -0.15) is 0 Å². The van der Waals surface area contributed by atoms with Crippen molar-refractivity contribution < 1.29 is 27.6 Å². The number of piperidine rings is 1. The van der Waals surface area contributed by atoms with E-state index in [4.69, 9.17) is 4.84 Å². The molecule has 2 aliphatic rings. The minimum absolute atomic E-state index is 0.103. The number of aromatic nitrogens is 2. The summed E-state index contributed by atoms with van der Waals surface area (Å²) < 4.78 is 42.4. The van der Waals surface area contributed by atoms with E-state index in [1.54, 1.807) is 4.90 Å². The molecule has 0 spiro atoms. The third-order valence-corrected chi connectivity index (χ3v) is 5.69. The number of hydroxylamine groups is 2. The van der Waals surface area contributed by atoms with Crippen molar-refractivity contribution >= 4 is 17.6 Å². The number of nitrogens with one attached hydrogen (secondary N) is 1. The number of hydrogen-bond acceptors (Lipinski definition) is 6. The Hall–Kier alpha value is -3.21. The van der Waals surface area contributed by atoms with Gasteiger partial charge in [0.2, 0.25) is 0 Å². The highest BCUT2D eigenvalue weighted by Crippen LogP contribution is 2.35. The highest BCUT2D eigenvalue weighted by molar-refractivity contribution is 5.92. The molecule has 8 nitrogen and oxygen atoms in total. The Bertz CT molecular complexity index is 1000. The lowest BCUT2D eigenvalue weighted by Crippen LogP contribution is -2.49. The summed E-state index contributed by atoms with van der Waals surface area (Å²) >= 11 is 0. The summed E-state index contributed by atoms with van der Waals surface area (Å²) in [4.78, 5) is 39.9. The van der Waals surface area contributed by atoms with Crippen molar-refractivity contribution in [3.8, 4) is 0 Å². The SMILES string of the molecule is CNC(=O)c1cc(N2CC[C@H](C(=O)N3OCC[C@@H]3c3cc(F)cc(F)c3)[C@H](F)C2)ncn1. The van der Waals surface area contributed by atoms with Gasteiger partial charge in [-0.3, -0.25) is 14.4 Å². The van der Waals surface area contributed by atoms with Crippen molar-refractivity contribution in [1.29, 1.82) is 0 Å². The topological polar surface area (TPSA) is 87.7 Å². The van der Waals surface area contributed by atoms with Crippen molar-refractivity contribution in [3.05, 3.63) is 53.5 Å². The fourth-order valence-corrected chi connectivity index (χ4v) is 4.08. The first kappa shape index (κ1) is 22.0. The van der Waals surface area contributed by atoms with Crippen LogP contribution in [0.5, 0.6) is 0 Å². The number of carbonyl (C=O) groups is 2. The Morgan fingerprint density at radius 1 is 1.12 bits per heavy atom. The molecular weight excluding hydrogens is 427 g/mol. The lowest BCUT2D eigenvalue weighted by Gasteiger charge is -2.36. The molecule has 2 saturated heterocycles. The minimum atomic E-state index is -1.52. The molecule has 0 radical (unpaired) electrons. The van der Waals surface area contributed by atoms with Gasteiger partial charge in [0.25, 0.3) is 11.8 Å². The van der Waals surface area contributed by atoms with Crippen molar-refractivity contribution in [3.63, 3.8) is 0 Å². The summed E-state index contributed by atoms with van der Waals surface area (Å²) in [5.74, 6) is -3.03. The summed E-state index contributed by atoms with van der Waals surface area (Å²) in [7, 11) is 1.48. The number of rotatable bonds is 4. The van der Waals surface area contributed by atoms with Gasteiger partial charge in [0.15, 0.2) is 0 Å². The standard InChI is InChI=1S/C21H22F3N5O3/c1-25-20(30)17-9-19(27-11-26-17)28-4-2-15(16(24)10-28)21(31)29-18(3-5-32-29)12-6-13(22)8-14(23)7-12/h6-9,11,15-16,18H,2-5,10H2,1H3,(H,25,30)/t15-,16+,18+/m0/s1. The summed E-state index contributed by atoms with van der Waals surface area (Å²) in [6.45, 7) is 0.412. The number of nitrogens with zero attached hydrogens (tertiary/aromatic N) is 4. The van der Waals surface area contributed by atoms with Crippen molar-refractivity contribution in [1.82, 2.24) is 20.3 Å². The van der Waals surface area contributed by atoms with Crippen LogP contribution in [-0.2, 0) is 9.63 Å². The zero-order valence-electron chi connectivity index (χ0n) is 17.3. The van der Waals surface area contributed by atoms with E-state index >= 15 is 4.39 Å². The Kier molecular flexibility index (Phi) is 6.26. The zero-order valence-corrected chi connectivity index (χ0v) is 17.3. The van der Waals surface area contributed by atoms with Crippen molar-refractivity contribution in [2.75, 3.05) is 31.6 Å². The molecule has 2 aliphatic heterocycles. The minimum Gasteiger partial charge on any atom is -0.354 e. The number of benzene rings is 1. The molecule has 0 aliphatic carbocycles. The maximum atomic E-state index is 15.1. The second-order valence-electron chi connectivity index (χ2n) is 7.70. The molecule has 1 aromatic carbocycles. The fraction of sp³-hybridized carbons (Fsp3) is 0.429. The van der Waals surface area contributed by atoms with Crippen LogP contribution in [0, 0.1) is 17.6 Å². The lowest BCUT2D eigenvalue weighted by atomic mass is 9.92. The van der Waals surface area contributed by atoms with Crippen molar-refractivity contribution in [2.24, 2.45) is 5.92 Å². The zero-order chi connectivity index (χ0) is 22.8. The molecule has 3 atom stereocenters. The molecular formula is C21H22F3N5O3. The van der Waals surface area contributed by atoms with E-state index < -0.39 is 35.7 Å². The van der Waals surface area contributed by atoms with Gasteiger partial charge >= 0.3 is 0 Å². The molecule has 2 amide bonds. The fourth-order valence-electron chi connectivity index (χ4n) is 4.08. The predicted octanol–water partition coefficient (Wildman–Crippen LogP) is 2.18. The van der Waals surface area contributed by atoms with E-state index in [2.05, 4.69) is 15.3 Å². The van der Waals surface area contributed by atoms with Gasteiger partial charge in [-0.1, -0.05) is 0 Å². The van der Waals surface area contributed by atoms with Gasteiger partial charge in [-0.25, -0.2) is 28.2 Å². The molecule has 32 heavy (non-hydrogen) atoms. The maximum Gasteiger partial charge on any atom is 0.269 e. The normalized spacial score (nSPS) is 23.3. The number of amides is 2. The summed E-state index contributed by atoms with van der Waals surface area (Å²) in [6, 6.07) is 3.83. The monoisotopic (exact) mass is 449 g/mol. The molecule has 2 aromatic rings. The number of anilines is 1. The molecule has 0 bridgehead atoms. The highest BCUT2D eigenvalue weighted by Gasteiger charge is 2.42. The van der Waals surface area contributed by atoms with E-state index in [-0.39, 0.29) is 36.7 Å². The first-order chi connectivity index (χ1) is 15.4. The van der Waals surface area contributed by atoms with E-state index in [1.807, 2.05) is 0 Å². The predicted molar refractivity (Wildman–Crippen MR) is 107 cm³/mol. The van der Waals surface area contributed by atoms with Crippen LogP contribution in [0.25, 0.3) is 0 Å². The lowest BCUT2D eigenvalue weighted by molar-refractivity contribution is -0.184. The quantitative estimate of drug-likeness (QED) is 0.770. The summed E-state index contributed by atoms with van der Waals surface area (Å²) in [5.41, 5.74) is 0.422. The van der Waals surface area contributed by atoms with Gasteiger partial charge in [0.1, 0.15) is 35.6 Å². The van der Waals surface area contributed by atoms with Gasteiger partial charge < -0.3 is 10.2 Å². The van der Waals surface area contributed by atoms with E-state index in [9.17, 15) is 18.4 Å². The first-order valence-corrected chi connectivity index (χ1v) is 10.2. The largest absolute Gasteiger partial charge is 0.354 e. The van der Waals surface area contributed by atoms with Gasteiger partial charge in [-0.05, 0) is 24.1 Å². The number of halogens is 3. The molecule has 1 N–H and O–H groups in total. The smallest absolute Gasteiger partial charge is 0.269 e. The van der Waals surface area contributed by atoms with E-state index in [0.29, 0.717) is 18.8 Å². The van der Waals surface area contributed by atoms with Crippen LogP contribution in [0.2, 0.25) is 0 Å². The number of alkyl halides is 1. The van der Waals surface area contributed by atoms with E-state index in [0.717, 1.165) is 23.3 Å². The summed E-state index contributed by atoms with van der Waals surface area (Å²) in [5, 5.41) is 3.52. The third-order valence-electron chi connectivity index (χ3n) is 5.69. The molecule has 3 heterocycles. The van der Waals surface area contributed by atoms with Crippen LogP contribution in [-0.4, -0.2) is 59.8 Å². The van der Waals surface area contributed by atoms with Gasteiger partial charge in [0, 0.05) is 32.1 Å². The Morgan fingerprint density at radius 3 is 2.56 bits per heavy atom. The van der Waals surface area contributed by atoms with Crippen LogP contribution in [0.1, 0.15) is 34.9 Å². The molecule has 2 fully saturated rings. The molecule has 170 valence electrons. The van der Waals surface area contributed by atoms with Crippen LogP contribution in [0.15, 0.2) is 30.6 Å². The second-order valence-corrected chi connectivity index (χ2v) is 7.70. The van der Waals surface area contributed by atoms with Crippen LogP contribution >= 0.6 is 0 Å². The Morgan fingerprint density at radius 2 is 1.88 bits per heavy atom. The van der Waals surface area contributed by atoms with Crippen LogP contribution in [0.3, 0.4) is 0 Å². The first-order valence-electron chi connectivity index (χ1n) is 10.2. The van der Waals surface area contributed by atoms with Gasteiger partial charge in [0.05, 0.1) is 25.1 Å². The van der Waals surface area contributed by atoms with Crippen LogP contribution < -0.4 is 10.2 Å². The van der Waals surface area contributed by atoms with Crippen molar-refractivity contribution in [2.45, 2.75) is 25.1 Å². The van der Waals surface area contributed by atoms with Crippen LogP contribution in [0.4, 0.5) is 19.0 Å². The number of hydrogen-bond donors (Lipinski definition) is 1. The third kappa shape index (κ3) is 4.38. The highest BCUT2D eigenvalue weighted by atomic mass is 19.1. The number of carbonyl (C=O) groups excluding carboxylic acids is 2. The molecule has 0 unspecified atom stereocenters. The summed E-state index contributed by atoms with van der Waals surface area (Å²) in [6.07, 6.45) is 0.242. The molecule has 1 aromatic heterocycles. The molecule has 11 heteroatoms. The average Bonchev–Trinajstić information content (AvgIpc) is 3.27. The Labute approximate surface area is 182 Å². The second kappa shape index (κ2) is 9.11. The average molecular weight is 449 g/mol. The molecule has 4 rings (SSSR count). The maximum absolute atomic E-state index is 15.1. The van der Waals surface area contributed by atoms with E-state index in [1.165, 1.54) is 19.4 Å². The molecule has 0 saturated carbocycles.